The van der Waals surface area contributed by atoms with Crippen LogP contribution < -0.4 is 20.8 Å². The third kappa shape index (κ3) is 3.62. The molecular formula is C25H24N2O5. The lowest BCUT2D eigenvalue weighted by molar-refractivity contribution is -0.136. The lowest BCUT2D eigenvalue weighted by atomic mass is 9.83. The molecule has 0 amide bonds. The molecule has 4 rings (SSSR count). The smallest absolute Gasteiger partial charge is 0.340 e. The van der Waals surface area contributed by atoms with Gasteiger partial charge in [0, 0.05) is 17.3 Å². The molecule has 2 N–H and O–H groups in total. The summed E-state index contributed by atoms with van der Waals surface area (Å²) in [5, 5.41) is 0. The van der Waals surface area contributed by atoms with Gasteiger partial charge in [-0.1, -0.05) is 48.5 Å². The summed E-state index contributed by atoms with van der Waals surface area (Å²) >= 11 is 0. The maximum atomic E-state index is 13.8. The van der Waals surface area contributed by atoms with Gasteiger partial charge in [0.1, 0.15) is 17.1 Å². The van der Waals surface area contributed by atoms with Gasteiger partial charge in [0.05, 0.1) is 32.2 Å². The van der Waals surface area contributed by atoms with Crippen LogP contribution in [0.5, 0.6) is 11.5 Å². The second-order valence-corrected chi connectivity index (χ2v) is 7.48. The van der Waals surface area contributed by atoms with Crippen molar-refractivity contribution in [1.29, 1.82) is 0 Å². The van der Waals surface area contributed by atoms with Crippen molar-refractivity contribution in [1.82, 2.24) is 4.57 Å². The van der Waals surface area contributed by atoms with Gasteiger partial charge in [-0.2, -0.15) is 0 Å². The van der Waals surface area contributed by atoms with E-state index >= 15 is 0 Å². The third-order valence-electron chi connectivity index (χ3n) is 5.63. The first kappa shape index (κ1) is 21.2. The largest absolute Gasteiger partial charge is 0.496 e. The molecule has 32 heavy (non-hydrogen) atoms. The van der Waals surface area contributed by atoms with E-state index in [1.54, 1.807) is 17.7 Å². The molecule has 7 nitrogen and oxygen atoms in total. The van der Waals surface area contributed by atoms with E-state index in [0.29, 0.717) is 29.3 Å². The Bertz CT molecular complexity index is 1260. The normalized spacial score (nSPS) is 15.0. The van der Waals surface area contributed by atoms with Crippen LogP contribution in [0.3, 0.4) is 0 Å². The zero-order valence-corrected chi connectivity index (χ0v) is 18.1. The van der Waals surface area contributed by atoms with Crippen molar-refractivity contribution in [2.45, 2.75) is 19.4 Å². The zero-order valence-electron chi connectivity index (χ0n) is 18.1. The molecule has 3 aromatic rings. The predicted octanol–water partition coefficient (Wildman–Crippen LogP) is 3.08. The summed E-state index contributed by atoms with van der Waals surface area (Å²) < 4.78 is 17.8. The van der Waals surface area contributed by atoms with E-state index in [1.807, 2.05) is 61.5 Å². The van der Waals surface area contributed by atoms with Crippen LogP contribution >= 0.6 is 0 Å². The van der Waals surface area contributed by atoms with Crippen LogP contribution in [0.25, 0.3) is 0 Å². The van der Waals surface area contributed by atoms with Crippen LogP contribution in [-0.4, -0.2) is 24.8 Å². The van der Waals surface area contributed by atoms with Crippen LogP contribution in [0, 0.1) is 6.92 Å². The van der Waals surface area contributed by atoms with Gasteiger partial charge in [0.25, 0.3) is 5.56 Å². The number of hydrogen-bond donors (Lipinski definition) is 1. The first-order valence-electron chi connectivity index (χ1n) is 10.1. The number of fused-ring (bicyclic) bond motifs is 1. The number of ether oxygens (including phenoxy) is 3. The van der Waals surface area contributed by atoms with E-state index in [2.05, 4.69) is 0 Å². The second-order valence-electron chi connectivity index (χ2n) is 7.48. The average Bonchev–Trinajstić information content (AvgIpc) is 2.81. The summed E-state index contributed by atoms with van der Waals surface area (Å²) in [6.07, 6.45) is 0. The molecule has 2 heterocycles. The Morgan fingerprint density at radius 2 is 1.78 bits per heavy atom. The molecule has 0 bridgehead atoms. The molecular weight excluding hydrogens is 408 g/mol. The quantitative estimate of drug-likeness (QED) is 0.623. The Labute approximate surface area is 185 Å². The molecule has 1 atom stereocenters. The average molecular weight is 432 g/mol. The van der Waals surface area contributed by atoms with Crippen LogP contribution in [0.4, 0.5) is 0 Å². The van der Waals surface area contributed by atoms with Gasteiger partial charge >= 0.3 is 5.97 Å². The molecule has 1 unspecified atom stereocenters. The number of aryl methyl sites for hydroxylation is 1. The summed E-state index contributed by atoms with van der Waals surface area (Å²) in [5.74, 6) is -0.406. The molecule has 1 aromatic heterocycles. The first-order chi connectivity index (χ1) is 15.5. The van der Waals surface area contributed by atoms with Crippen LogP contribution in [0.15, 0.2) is 76.9 Å². The van der Waals surface area contributed by atoms with Crippen LogP contribution in [0.2, 0.25) is 0 Å². The van der Waals surface area contributed by atoms with Crippen molar-refractivity contribution in [3.63, 3.8) is 0 Å². The lowest BCUT2D eigenvalue weighted by Gasteiger charge is -2.29. The Morgan fingerprint density at radius 3 is 2.47 bits per heavy atom. The number of carbonyl (C=O) groups excluding carboxylic acids is 1. The highest BCUT2D eigenvalue weighted by atomic mass is 16.5. The minimum Gasteiger partial charge on any atom is -0.496 e. The van der Waals surface area contributed by atoms with E-state index in [4.69, 9.17) is 19.9 Å². The highest BCUT2D eigenvalue weighted by molar-refractivity contribution is 5.92. The van der Waals surface area contributed by atoms with Crippen molar-refractivity contribution in [3.8, 4) is 11.5 Å². The van der Waals surface area contributed by atoms with Crippen LogP contribution in [0.1, 0.15) is 28.3 Å². The van der Waals surface area contributed by atoms with Gasteiger partial charge in [-0.05, 0) is 18.6 Å². The van der Waals surface area contributed by atoms with Gasteiger partial charge in [-0.25, -0.2) is 4.79 Å². The highest BCUT2D eigenvalue weighted by Crippen LogP contribution is 2.41. The maximum Gasteiger partial charge on any atom is 0.340 e. The number of rotatable bonds is 5. The number of nitrogens with two attached hydrogens (primary N) is 1. The highest BCUT2D eigenvalue weighted by Gasteiger charge is 2.38. The van der Waals surface area contributed by atoms with Crippen molar-refractivity contribution in [2.75, 3.05) is 14.2 Å². The fraction of sp³-hybridized carbons (Fsp3) is 0.200. The first-order valence-corrected chi connectivity index (χ1v) is 10.1. The number of para-hydroxylation sites is 1. The molecule has 2 aromatic carbocycles. The molecule has 0 aliphatic carbocycles. The van der Waals surface area contributed by atoms with Crippen molar-refractivity contribution < 1.29 is 19.0 Å². The molecule has 0 fully saturated rings. The Balaban J connectivity index is 1.93. The number of benzene rings is 2. The summed E-state index contributed by atoms with van der Waals surface area (Å²) in [7, 11) is 2.87. The summed E-state index contributed by atoms with van der Waals surface area (Å²) in [6, 6.07) is 18.5. The van der Waals surface area contributed by atoms with E-state index in [1.165, 1.54) is 7.11 Å². The summed E-state index contributed by atoms with van der Waals surface area (Å²) in [6.45, 7) is 2.13. The van der Waals surface area contributed by atoms with Gasteiger partial charge in [0.15, 0.2) is 0 Å². The second kappa shape index (κ2) is 8.63. The van der Waals surface area contributed by atoms with Crippen molar-refractivity contribution >= 4 is 5.97 Å². The number of nitrogens with zero attached hydrogens (tertiary/aromatic N) is 1. The number of esters is 1. The third-order valence-corrected chi connectivity index (χ3v) is 5.63. The zero-order chi connectivity index (χ0) is 22.8. The SMILES string of the molecule is COC(=O)C1=C(N)Oc2cc(C)n(Cc3ccccc3OC)c(=O)c2C1c1ccccc1. The van der Waals surface area contributed by atoms with Crippen LogP contribution in [-0.2, 0) is 16.1 Å². The van der Waals surface area contributed by atoms with E-state index < -0.39 is 11.9 Å². The standard InChI is InChI=1S/C25H24N2O5/c1-15-13-19-21(24(28)27(15)14-17-11-7-8-12-18(17)30-2)20(16-9-5-4-6-10-16)22(23(26)32-19)25(29)31-3/h4-13,20H,14,26H2,1-3H3. The van der Waals surface area contributed by atoms with E-state index in [-0.39, 0.29) is 17.0 Å². The molecule has 1 aliphatic heterocycles. The van der Waals surface area contributed by atoms with E-state index in [9.17, 15) is 9.59 Å². The van der Waals surface area contributed by atoms with Crippen molar-refractivity contribution in [3.05, 3.63) is 105 Å². The van der Waals surface area contributed by atoms with Crippen molar-refractivity contribution in [2.24, 2.45) is 5.73 Å². The molecule has 0 spiro atoms. The Kier molecular flexibility index (Phi) is 5.73. The molecule has 1 aliphatic rings. The fourth-order valence-corrected chi connectivity index (χ4v) is 4.07. The molecule has 164 valence electrons. The monoisotopic (exact) mass is 432 g/mol. The van der Waals surface area contributed by atoms with Gasteiger partial charge in [0.2, 0.25) is 5.88 Å². The maximum absolute atomic E-state index is 13.8. The number of hydrogen-bond acceptors (Lipinski definition) is 6. The summed E-state index contributed by atoms with van der Waals surface area (Å²) in [5.41, 5.74) is 8.60. The number of aromatic nitrogens is 1. The Hall–Kier alpha value is -4.00. The minimum atomic E-state index is -0.718. The number of methoxy groups -OCH3 is 2. The molecule has 7 heteroatoms. The molecule has 0 saturated carbocycles. The minimum absolute atomic E-state index is 0.0699. The van der Waals surface area contributed by atoms with Gasteiger partial charge in [-0.3, -0.25) is 4.79 Å². The lowest BCUT2D eigenvalue weighted by Crippen LogP contribution is -2.35. The fourth-order valence-electron chi connectivity index (χ4n) is 4.07. The van der Waals surface area contributed by atoms with E-state index in [0.717, 1.165) is 11.1 Å². The number of carbonyl (C=O) groups is 1. The summed E-state index contributed by atoms with van der Waals surface area (Å²) in [4.78, 5) is 26.5. The predicted molar refractivity (Wildman–Crippen MR) is 120 cm³/mol. The molecule has 0 saturated heterocycles. The molecule has 0 radical (unpaired) electrons. The van der Waals surface area contributed by atoms with Gasteiger partial charge in [-0.15, -0.1) is 0 Å². The van der Waals surface area contributed by atoms with Gasteiger partial charge < -0.3 is 24.5 Å². The number of pyridine rings is 1. The topological polar surface area (TPSA) is 92.8 Å². The Morgan fingerprint density at radius 1 is 1.09 bits per heavy atom.